The average Bonchev–Trinajstić information content (AvgIpc) is 3.46. The fourth-order valence-electron chi connectivity index (χ4n) is 5.60. The second-order valence-corrected chi connectivity index (χ2v) is 12.7. The summed E-state index contributed by atoms with van der Waals surface area (Å²) in [6, 6.07) is 17.3. The van der Waals surface area contributed by atoms with Gasteiger partial charge in [0.15, 0.2) is 10.5 Å². The number of carbonyl (C=O) groups is 1. The highest BCUT2D eigenvalue weighted by Gasteiger charge is 2.45. The quantitative estimate of drug-likeness (QED) is 0.171. The van der Waals surface area contributed by atoms with Crippen molar-refractivity contribution in [1.82, 2.24) is 9.13 Å². The number of thiazole rings is 1. The lowest BCUT2D eigenvalue weighted by atomic mass is 9.95. The van der Waals surface area contributed by atoms with Crippen LogP contribution in [0.1, 0.15) is 35.3 Å². The molecule has 6 nitrogen and oxygen atoms in total. The van der Waals surface area contributed by atoms with Gasteiger partial charge < -0.3 is 9.30 Å². The Hall–Kier alpha value is -3.83. The predicted molar refractivity (Wildman–Crippen MR) is 174 cm³/mol. The highest BCUT2D eigenvalue weighted by atomic mass is 35.5. The summed E-state index contributed by atoms with van der Waals surface area (Å²) >= 11 is 19.5. The van der Waals surface area contributed by atoms with Crippen molar-refractivity contribution >= 4 is 69.1 Å². The van der Waals surface area contributed by atoms with Gasteiger partial charge in [-0.25, -0.2) is 9.79 Å². The monoisotopic (exact) mass is 703 g/mol. The van der Waals surface area contributed by atoms with E-state index in [-0.39, 0.29) is 21.5 Å². The summed E-state index contributed by atoms with van der Waals surface area (Å²) < 4.78 is 51.7. The van der Waals surface area contributed by atoms with Gasteiger partial charge in [0.05, 0.1) is 22.8 Å². The van der Waals surface area contributed by atoms with Crippen LogP contribution in [0, 0.1) is 6.92 Å². The lowest BCUT2D eigenvalue weighted by molar-refractivity contribution is -0.140. The molecule has 0 radical (unpaired) electrons. The molecule has 0 N–H and O–H groups in total. The number of benzene rings is 3. The van der Waals surface area contributed by atoms with Crippen LogP contribution in [0.5, 0.6) is 0 Å². The van der Waals surface area contributed by atoms with Gasteiger partial charge >= 0.3 is 12.1 Å². The molecule has 236 valence electrons. The third-order valence-electron chi connectivity index (χ3n) is 7.68. The van der Waals surface area contributed by atoms with E-state index in [0.717, 1.165) is 38.1 Å². The van der Waals surface area contributed by atoms with Gasteiger partial charge in [0.2, 0.25) is 0 Å². The standard InChI is InChI=1S/C33H23Cl3F3N3O3S/c1-3-45-31(44)27-28(18-8-11-20(34)12-9-18)42-30(43)26(46-32(42)40-29(27)33(37,38)39)15-23-17(2)41(25-7-5-4-6-22(23)25)16-19-10-13-21(35)14-24(19)36/h4-15,28H,3,16H2,1-2H3/b26-15-/t28-/m1/s1. The minimum absolute atomic E-state index is 0.139. The molecule has 2 aromatic heterocycles. The zero-order valence-corrected chi connectivity index (χ0v) is 27.2. The number of hydrogen-bond donors (Lipinski definition) is 0. The Balaban J connectivity index is 1.59. The average molecular weight is 705 g/mol. The van der Waals surface area contributed by atoms with E-state index in [9.17, 15) is 22.8 Å². The van der Waals surface area contributed by atoms with E-state index in [0.29, 0.717) is 27.2 Å². The molecule has 5 aromatic rings. The zero-order chi connectivity index (χ0) is 32.9. The second kappa shape index (κ2) is 12.4. The van der Waals surface area contributed by atoms with Gasteiger partial charge in [-0.2, -0.15) is 13.2 Å². The molecule has 0 spiro atoms. The van der Waals surface area contributed by atoms with Gasteiger partial charge in [0.25, 0.3) is 5.56 Å². The highest BCUT2D eigenvalue weighted by molar-refractivity contribution is 7.07. The molecule has 6 rings (SSSR count). The smallest absolute Gasteiger partial charge is 0.434 e. The number of allylic oxidation sites excluding steroid dienone is 1. The SMILES string of the molecule is CCOC(=O)C1=C(C(F)(F)F)N=c2s/c(=C\c3c(C)n(Cc4ccc(Cl)cc4Cl)c4ccccc34)c(=O)n2[C@@H]1c1ccc(Cl)cc1. The number of hydrogen-bond acceptors (Lipinski definition) is 5. The molecule has 0 unspecified atom stereocenters. The minimum atomic E-state index is -5.01. The zero-order valence-electron chi connectivity index (χ0n) is 24.2. The van der Waals surface area contributed by atoms with Crippen LogP contribution in [-0.4, -0.2) is 27.9 Å². The van der Waals surface area contributed by atoms with E-state index >= 15 is 0 Å². The summed E-state index contributed by atoms with van der Waals surface area (Å²) in [5, 5.41) is 2.17. The molecule has 1 aliphatic heterocycles. The van der Waals surface area contributed by atoms with Crippen LogP contribution in [0.4, 0.5) is 13.2 Å². The number of esters is 1. The van der Waals surface area contributed by atoms with Gasteiger partial charge in [0, 0.05) is 43.8 Å². The molecule has 0 saturated heterocycles. The largest absolute Gasteiger partial charge is 0.463 e. The van der Waals surface area contributed by atoms with Crippen LogP contribution >= 0.6 is 46.1 Å². The van der Waals surface area contributed by atoms with Crippen LogP contribution in [0.3, 0.4) is 0 Å². The van der Waals surface area contributed by atoms with Crippen LogP contribution in [0.15, 0.2) is 87.8 Å². The first kappa shape index (κ1) is 32.1. The summed E-state index contributed by atoms with van der Waals surface area (Å²) in [5.41, 5.74) is 0.649. The number of alkyl halides is 3. The first-order chi connectivity index (χ1) is 21.9. The van der Waals surface area contributed by atoms with Crippen LogP contribution in [-0.2, 0) is 16.1 Å². The third kappa shape index (κ3) is 5.79. The Bertz CT molecular complexity index is 2240. The number of nitrogens with zero attached hydrogens (tertiary/aromatic N) is 3. The van der Waals surface area contributed by atoms with Gasteiger partial charge in [-0.3, -0.25) is 9.36 Å². The molecule has 0 bridgehead atoms. The molecule has 3 aromatic carbocycles. The number of para-hydroxylation sites is 1. The Morgan fingerprint density at radius 2 is 1.74 bits per heavy atom. The molecule has 0 amide bonds. The second-order valence-electron chi connectivity index (χ2n) is 10.5. The summed E-state index contributed by atoms with van der Waals surface area (Å²) in [5.74, 6) is -1.22. The molecule has 3 heterocycles. The van der Waals surface area contributed by atoms with Crippen molar-refractivity contribution < 1.29 is 22.7 Å². The van der Waals surface area contributed by atoms with E-state index in [1.165, 1.54) is 31.2 Å². The normalized spacial score (nSPS) is 15.3. The van der Waals surface area contributed by atoms with E-state index in [1.54, 1.807) is 18.2 Å². The Kier molecular flexibility index (Phi) is 8.67. The van der Waals surface area contributed by atoms with Crippen molar-refractivity contribution in [3.05, 3.63) is 135 Å². The van der Waals surface area contributed by atoms with Gasteiger partial charge in [0.1, 0.15) is 0 Å². The van der Waals surface area contributed by atoms with E-state index in [1.807, 2.05) is 41.8 Å². The summed E-state index contributed by atoms with van der Waals surface area (Å²) in [4.78, 5) is 30.9. The van der Waals surface area contributed by atoms with Crippen LogP contribution in [0.25, 0.3) is 17.0 Å². The maximum atomic E-state index is 14.5. The van der Waals surface area contributed by atoms with Crippen molar-refractivity contribution in [3.8, 4) is 0 Å². The summed E-state index contributed by atoms with van der Waals surface area (Å²) in [6.45, 7) is 3.61. The lowest BCUT2D eigenvalue weighted by Gasteiger charge is -2.26. The number of halogens is 6. The fraction of sp³-hybridized carbons (Fsp3) is 0.182. The number of fused-ring (bicyclic) bond motifs is 2. The Morgan fingerprint density at radius 1 is 1.04 bits per heavy atom. The van der Waals surface area contributed by atoms with Crippen LogP contribution < -0.4 is 14.9 Å². The van der Waals surface area contributed by atoms with Crippen molar-refractivity contribution in [2.24, 2.45) is 4.99 Å². The fourth-order valence-corrected chi connectivity index (χ4v) is 7.17. The van der Waals surface area contributed by atoms with Gasteiger partial charge in [-0.15, -0.1) is 0 Å². The Morgan fingerprint density at radius 3 is 2.41 bits per heavy atom. The van der Waals surface area contributed by atoms with Crippen LogP contribution in [0.2, 0.25) is 15.1 Å². The topological polar surface area (TPSA) is 65.6 Å². The number of carbonyl (C=O) groups excluding carboxylic acids is 1. The molecule has 0 saturated carbocycles. The molecular weight excluding hydrogens is 682 g/mol. The minimum Gasteiger partial charge on any atom is -0.463 e. The first-order valence-electron chi connectivity index (χ1n) is 14.0. The molecule has 13 heteroatoms. The highest BCUT2D eigenvalue weighted by Crippen LogP contribution is 2.38. The lowest BCUT2D eigenvalue weighted by Crippen LogP contribution is -2.41. The number of rotatable bonds is 6. The predicted octanol–water partition coefficient (Wildman–Crippen LogP) is 7.61. The maximum Gasteiger partial charge on any atom is 0.434 e. The molecular formula is C33H23Cl3F3N3O3S. The molecule has 46 heavy (non-hydrogen) atoms. The van der Waals surface area contributed by atoms with Crippen molar-refractivity contribution in [2.75, 3.05) is 6.61 Å². The van der Waals surface area contributed by atoms with E-state index in [4.69, 9.17) is 39.5 Å². The molecule has 0 aliphatic carbocycles. The third-order valence-corrected chi connectivity index (χ3v) is 9.50. The van der Waals surface area contributed by atoms with E-state index < -0.39 is 35.0 Å². The summed E-state index contributed by atoms with van der Waals surface area (Å²) in [7, 11) is 0. The Labute approximate surface area is 279 Å². The number of aromatic nitrogens is 2. The molecule has 1 aliphatic rings. The van der Waals surface area contributed by atoms with Crippen molar-refractivity contribution in [2.45, 2.75) is 32.6 Å². The van der Waals surface area contributed by atoms with E-state index in [2.05, 4.69) is 4.99 Å². The van der Waals surface area contributed by atoms with Crippen molar-refractivity contribution in [1.29, 1.82) is 0 Å². The first-order valence-corrected chi connectivity index (χ1v) is 15.9. The van der Waals surface area contributed by atoms with Gasteiger partial charge in [-0.1, -0.05) is 82.5 Å². The van der Waals surface area contributed by atoms with Gasteiger partial charge in [-0.05, 0) is 61.4 Å². The number of ether oxygens (including phenoxy) is 1. The van der Waals surface area contributed by atoms with Crippen molar-refractivity contribution in [3.63, 3.8) is 0 Å². The maximum absolute atomic E-state index is 14.5. The summed E-state index contributed by atoms with van der Waals surface area (Å²) in [6.07, 6.45) is -3.35. The molecule has 0 fully saturated rings. The molecule has 1 atom stereocenters.